The standard InChI is InChI=1S/C14H9BrN4O2/c15-11-8-4-7-10(14(20)21)12(11)19-13(16-17-18-19)9-5-2-1-3-6-9/h1-8H,(H,20,21). The number of nitrogens with zero attached hydrogens (tertiary/aromatic N) is 4. The number of carboxylic acids is 1. The van der Waals surface area contributed by atoms with Crippen LogP contribution in [0.5, 0.6) is 0 Å². The predicted octanol–water partition coefficient (Wildman–Crippen LogP) is 2.79. The number of carboxylic acid groups (broad SMARTS) is 1. The summed E-state index contributed by atoms with van der Waals surface area (Å²) in [7, 11) is 0. The summed E-state index contributed by atoms with van der Waals surface area (Å²) in [4.78, 5) is 11.4. The Bertz CT molecular complexity index is 802. The molecule has 104 valence electrons. The van der Waals surface area contributed by atoms with E-state index < -0.39 is 5.97 Å². The molecule has 0 spiro atoms. The van der Waals surface area contributed by atoms with Gasteiger partial charge < -0.3 is 5.11 Å². The van der Waals surface area contributed by atoms with Crippen LogP contribution in [-0.4, -0.2) is 31.3 Å². The van der Waals surface area contributed by atoms with Crippen LogP contribution in [0.2, 0.25) is 0 Å². The lowest BCUT2D eigenvalue weighted by Gasteiger charge is -2.10. The molecule has 0 aliphatic heterocycles. The van der Waals surface area contributed by atoms with E-state index in [0.717, 1.165) is 5.56 Å². The number of halogens is 1. The Morgan fingerprint density at radius 1 is 1.10 bits per heavy atom. The molecule has 0 saturated carbocycles. The molecule has 0 bridgehead atoms. The van der Waals surface area contributed by atoms with Crippen molar-refractivity contribution in [2.24, 2.45) is 0 Å². The summed E-state index contributed by atoms with van der Waals surface area (Å²) in [5, 5.41) is 20.9. The Balaban J connectivity index is 2.25. The lowest BCUT2D eigenvalue weighted by atomic mass is 10.1. The van der Waals surface area contributed by atoms with E-state index in [-0.39, 0.29) is 5.56 Å². The van der Waals surface area contributed by atoms with E-state index in [9.17, 15) is 9.90 Å². The van der Waals surface area contributed by atoms with Crippen LogP contribution in [0.25, 0.3) is 17.1 Å². The van der Waals surface area contributed by atoms with Gasteiger partial charge in [0.15, 0.2) is 5.82 Å². The van der Waals surface area contributed by atoms with Crippen molar-refractivity contribution < 1.29 is 9.90 Å². The Labute approximate surface area is 128 Å². The molecule has 0 radical (unpaired) electrons. The van der Waals surface area contributed by atoms with Gasteiger partial charge in [0.1, 0.15) is 0 Å². The number of tetrazole rings is 1. The van der Waals surface area contributed by atoms with Crippen molar-refractivity contribution in [3.05, 3.63) is 58.6 Å². The fourth-order valence-corrected chi connectivity index (χ4v) is 2.54. The van der Waals surface area contributed by atoms with Crippen LogP contribution in [0.15, 0.2) is 53.0 Å². The Hall–Kier alpha value is -2.54. The molecule has 0 fully saturated rings. The maximum atomic E-state index is 11.4. The summed E-state index contributed by atoms with van der Waals surface area (Å²) in [6.45, 7) is 0. The summed E-state index contributed by atoms with van der Waals surface area (Å²) in [6.07, 6.45) is 0. The summed E-state index contributed by atoms with van der Waals surface area (Å²) in [5.74, 6) is -0.564. The molecule has 0 unspecified atom stereocenters. The normalized spacial score (nSPS) is 10.5. The molecule has 0 aliphatic carbocycles. The average molecular weight is 345 g/mol. The molecule has 0 amide bonds. The molecule has 1 aromatic heterocycles. The number of benzene rings is 2. The molecule has 3 rings (SSSR count). The van der Waals surface area contributed by atoms with Crippen LogP contribution >= 0.6 is 15.9 Å². The molecule has 6 nitrogen and oxygen atoms in total. The fraction of sp³-hybridized carbons (Fsp3) is 0. The molecule has 7 heteroatoms. The van der Waals surface area contributed by atoms with Crippen molar-refractivity contribution in [2.45, 2.75) is 0 Å². The molecular weight excluding hydrogens is 336 g/mol. The van der Waals surface area contributed by atoms with Gasteiger partial charge in [0.25, 0.3) is 0 Å². The quantitative estimate of drug-likeness (QED) is 0.789. The second kappa shape index (κ2) is 5.45. The van der Waals surface area contributed by atoms with Gasteiger partial charge in [-0.1, -0.05) is 36.4 Å². The van der Waals surface area contributed by atoms with Gasteiger partial charge in [0, 0.05) is 10.0 Å². The van der Waals surface area contributed by atoms with Crippen molar-refractivity contribution in [3.63, 3.8) is 0 Å². The summed E-state index contributed by atoms with van der Waals surface area (Å²) in [6, 6.07) is 14.3. The van der Waals surface area contributed by atoms with Gasteiger partial charge in [0.2, 0.25) is 0 Å². The van der Waals surface area contributed by atoms with Crippen molar-refractivity contribution >= 4 is 21.9 Å². The first-order valence-electron chi connectivity index (χ1n) is 6.04. The highest BCUT2D eigenvalue weighted by atomic mass is 79.9. The van der Waals surface area contributed by atoms with Crippen molar-refractivity contribution in [3.8, 4) is 17.1 Å². The molecule has 0 atom stereocenters. The van der Waals surface area contributed by atoms with E-state index in [1.165, 1.54) is 10.7 Å². The van der Waals surface area contributed by atoms with E-state index in [2.05, 4.69) is 31.5 Å². The number of hydrogen-bond donors (Lipinski definition) is 1. The molecular formula is C14H9BrN4O2. The predicted molar refractivity (Wildman–Crippen MR) is 79.2 cm³/mol. The smallest absolute Gasteiger partial charge is 0.337 e. The van der Waals surface area contributed by atoms with Crippen molar-refractivity contribution in [1.82, 2.24) is 20.2 Å². The molecule has 1 N–H and O–H groups in total. The minimum atomic E-state index is -1.04. The van der Waals surface area contributed by atoms with Crippen LogP contribution < -0.4 is 0 Å². The van der Waals surface area contributed by atoms with Gasteiger partial charge in [-0.2, -0.15) is 4.68 Å². The zero-order valence-electron chi connectivity index (χ0n) is 10.6. The number of para-hydroxylation sites is 1. The number of hydrogen-bond acceptors (Lipinski definition) is 4. The van der Waals surface area contributed by atoms with Crippen LogP contribution in [0, 0.1) is 0 Å². The number of carbonyl (C=O) groups is 1. The summed E-state index contributed by atoms with van der Waals surface area (Å²) < 4.78 is 2.02. The van der Waals surface area contributed by atoms with Gasteiger partial charge in [0.05, 0.1) is 11.3 Å². The Morgan fingerprint density at radius 3 is 2.57 bits per heavy atom. The highest BCUT2D eigenvalue weighted by Crippen LogP contribution is 2.28. The zero-order valence-corrected chi connectivity index (χ0v) is 12.2. The van der Waals surface area contributed by atoms with E-state index >= 15 is 0 Å². The average Bonchev–Trinajstić information content (AvgIpc) is 2.96. The zero-order chi connectivity index (χ0) is 14.8. The van der Waals surface area contributed by atoms with E-state index in [4.69, 9.17) is 0 Å². The summed E-state index contributed by atoms with van der Waals surface area (Å²) >= 11 is 3.36. The minimum Gasteiger partial charge on any atom is -0.478 e. The lowest BCUT2D eigenvalue weighted by molar-refractivity contribution is 0.0696. The SMILES string of the molecule is O=C(O)c1cccc(Br)c1-n1nnnc1-c1ccccc1. The largest absolute Gasteiger partial charge is 0.478 e. The second-order valence-electron chi connectivity index (χ2n) is 4.22. The first kappa shape index (κ1) is 13.4. The van der Waals surface area contributed by atoms with Gasteiger partial charge >= 0.3 is 5.97 Å². The fourth-order valence-electron chi connectivity index (χ4n) is 2.01. The third-order valence-electron chi connectivity index (χ3n) is 2.93. The molecule has 0 saturated heterocycles. The first-order valence-corrected chi connectivity index (χ1v) is 6.84. The van der Waals surface area contributed by atoms with Crippen LogP contribution in [0.3, 0.4) is 0 Å². The monoisotopic (exact) mass is 344 g/mol. The van der Waals surface area contributed by atoms with Crippen molar-refractivity contribution in [2.75, 3.05) is 0 Å². The van der Waals surface area contributed by atoms with E-state index in [0.29, 0.717) is 16.0 Å². The van der Waals surface area contributed by atoms with Crippen LogP contribution in [-0.2, 0) is 0 Å². The number of aromatic carboxylic acids is 1. The highest BCUT2D eigenvalue weighted by molar-refractivity contribution is 9.10. The lowest BCUT2D eigenvalue weighted by Crippen LogP contribution is -2.09. The van der Waals surface area contributed by atoms with Gasteiger partial charge in [-0.05, 0) is 38.5 Å². The van der Waals surface area contributed by atoms with Crippen molar-refractivity contribution in [1.29, 1.82) is 0 Å². The molecule has 21 heavy (non-hydrogen) atoms. The molecule has 1 heterocycles. The Kier molecular flexibility index (Phi) is 3.49. The summed E-state index contributed by atoms with van der Waals surface area (Å²) in [5.41, 5.74) is 1.32. The maximum Gasteiger partial charge on any atom is 0.337 e. The highest BCUT2D eigenvalue weighted by Gasteiger charge is 2.19. The molecule has 0 aliphatic rings. The molecule has 2 aromatic carbocycles. The van der Waals surface area contributed by atoms with Crippen LogP contribution in [0.1, 0.15) is 10.4 Å². The molecule has 3 aromatic rings. The first-order chi connectivity index (χ1) is 10.2. The maximum absolute atomic E-state index is 11.4. The van der Waals surface area contributed by atoms with Gasteiger partial charge in [-0.3, -0.25) is 0 Å². The topological polar surface area (TPSA) is 80.9 Å². The second-order valence-corrected chi connectivity index (χ2v) is 5.08. The Morgan fingerprint density at radius 2 is 1.86 bits per heavy atom. The third kappa shape index (κ3) is 2.43. The van der Waals surface area contributed by atoms with Crippen LogP contribution in [0.4, 0.5) is 0 Å². The van der Waals surface area contributed by atoms with Gasteiger partial charge in [-0.25, -0.2) is 4.79 Å². The van der Waals surface area contributed by atoms with E-state index in [1.807, 2.05) is 30.3 Å². The van der Waals surface area contributed by atoms with Gasteiger partial charge in [-0.15, -0.1) is 5.10 Å². The number of aromatic nitrogens is 4. The minimum absolute atomic E-state index is 0.119. The van der Waals surface area contributed by atoms with E-state index in [1.54, 1.807) is 12.1 Å². The number of rotatable bonds is 3. The third-order valence-corrected chi connectivity index (χ3v) is 3.57.